The van der Waals surface area contributed by atoms with Crippen molar-refractivity contribution >= 4 is 35.2 Å². The summed E-state index contributed by atoms with van der Waals surface area (Å²) in [7, 11) is 0. The van der Waals surface area contributed by atoms with E-state index >= 15 is 0 Å². The summed E-state index contributed by atoms with van der Waals surface area (Å²) >= 11 is 12.1. The van der Waals surface area contributed by atoms with Gasteiger partial charge in [0.2, 0.25) is 5.91 Å². The zero-order chi connectivity index (χ0) is 23.2. The molecule has 0 spiro atoms. The number of benzene rings is 2. The number of carbonyl (C=O) groups is 2. The third-order valence-corrected chi connectivity index (χ3v) is 6.72. The number of rotatable bonds is 6. The van der Waals surface area contributed by atoms with Crippen molar-refractivity contribution in [3.05, 3.63) is 69.7 Å². The topological polar surface area (TPSA) is 71.1 Å². The highest BCUT2D eigenvalue weighted by molar-refractivity contribution is 6.42. The van der Waals surface area contributed by atoms with Crippen LogP contribution in [0.4, 0.5) is 4.79 Å². The van der Waals surface area contributed by atoms with Gasteiger partial charge in [0.1, 0.15) is 13.2 Å². The third-order valence-electron chi connectivity index (χ3n) is 5.98. The highest BCUT2D eigenvalue weighted by Crippen LogP contribution is 2.27. The Bertz CT molecular complexity index is 975. The second-order valence-electron chi connectivity index (χ2n) is 8.39. The van der Waals surface area contributed by atoms with E-state index in [1.807, 2.05) is 41.4 Å². The molecule has 2 aliphatic heterocycles. The average Bonchev–Trinajstić information content (AvgIpc) is 2.82. The molecule has 33 heavy (non-hydrogen) atoms. The summed E-state index contributed by atoms with van der Waals surface area (Å²) in [6.45, 7) is 2.61. The van der Waals surface area contributed by atoms with Crippen LogP contribution in [-0.4, -0.2) is 54.3 Å². The fraction of sp³-hybridized carbons (Fsp3) is 0.417. The lowest BCUT2D eigenvalue weighted by molar-refractivity contribution is -0.155. The minimum absolute atomic E-state index is 0.0485. The molecule has 0 aromatic heterocycles. The molecule has 2 amide bonds. The molecule has 2 aromatic rings. The van der Waals surface area contributed by atoms with E-state index < -0.39 is 6.09 Å². The molecule has 0 radical (unpaired) electrons. The Kier molecular flexibility index (Phi) is 8.09. The van der Waals surface area contributed by atoms with E-state index in [2.05, 4.69) is 5.43 Å². The van der Waals surface area contributed by atoms with Gasteiger partial charge in [0.15, 0.2) is 0 Å². The van der Waals surface area contributed by atoms with Gasteiger partial charge in [-0.3, -0.25) is 10.2 Å². The zero-order valence-electron chi connectivity index (χ0n) is 18.2. The minimum Gasteiger partial charge on any atom is -0.444 e. The van der Waals surface area contributed by atoms with Gasteiger partial charge >= 0.3 is 6.09 Å². The van der Waals surface area contributed by atoms with Crippen LogP contribution in [0.3, 0.4) is 0 Å². The van der Waals surface area contributed by atoms with Gasteiger partial charge in [-0.15, -0.1) is 0 Å². The second kappa shape index (κ2) is 11.2. The first-order chi connectivity index (χ1) is 16.0. The first-order valence-electron chi connectivity index (χ1n) is 11.0. The van der Waals surface area contributed by atoms with Crippen molar-refractivity contribution in [3.63, 3.8) is 0 Å². The molecule has 2 heterocycles. The van der Waals surface area contributed by atoms with Crippen molar-refractivity contribution in [3.8, 4) is 0 Å². The van der Waals surface area contributed by atoms with E-state index in [0.717, 1.165) is 30.5 Å². The van der Waals surface area contributed by atoms with Crippen LogP contribution < -0.4 is 5.43 Å². The quantitative estimate of drug-likeness (QED) is 0.652. The molecule has 2 atom stereocenters. The van der Waals surface area contributed by atoms with Crippen molar-refractivity contribution in [1.29, 1.82) is 0 Å². The Morgan fingerprint density at radius 3 is 2.70 bits per heavy atom. The first-order valence-corrected chi connectivity index (χ1v) is 11.8. The maximum Gasteiger partial charge on any atom is 0.422 e. The van der Waals surface area contributed by atoms with Crippen molar-refractivity contribution < 1.29 is 19.1 Å². The lowest BCUT2D eigenvalue weighted by Gasteiger charge is -2.41. The summed E-state index contributed by atoms with van der Waals surface area (Å²) < 4.78 is 11.2. The van der Waals surface area contributed by atoms with E-state index in [1.165, 1.54) is 0 Å². The summed E-state index contributed by atoms with van der Waals surface area (Å²) in [5.41, 5.74) is 4.70. The van der Waals surface area contributed by atoms with E-state index in [1.54, 1.807) is 17.0 Å². The lowest BCUT2D eigenvalue weighted by atomic mass is 9.92. The first kappa shape index (κ1) is 23.8. The molecule has 0 aliphatic carbocycles. The number of amides is 2. The largest absolute Gasteiger partial charge is 0.444 e. The Hall–Kier alpha value is -2.32. The summed E-state index contributed by atoms with van der Waals surface area (Å²) in [6, 6.07) is 15.0. The fourth-order valence-electron chi connectivity index (χ4n) is 4.24. The number of hydrogen-bond donors (Lipinski definition) is 1. The van der Waals surface area contributed by atoms with Gasteiger partial charge in [0.05, 0.1) is 16.1 Å². The molecule has 4 rings (SSSR count). The van der Waals surface area contributed by atoms with Crippen LogP contribution in [0, 0.1) is 5.92 Å². The predicted molar refractivity (Wildman–Crippen MR) is 126 cm³/mol. The average molecular weight is 492 g/mol. The summed E-state index contributed by atoms with van der Waals surface area (Å²) in [5, 5.41) is 2.84. The number of piperidine rings is 1. The van der Waals surface area contributed by atoms with E-state index in [-0.39, 0.29) is 31.1 Å². The van der Waals surface area contributed by atoms with E-state index in [4.69, 9.17) is 32.7 Å². The number of nitrogens with zero attached hydrogens (tertiary/aromatic N) is 2. The Morgan fingerprint density at radius 2 is 1.91 bits per heavy atom. The van der Waals surface area contributed by atoms with Crippen molar-refractivity contribution in [2.24, 2.45) is 5.92 Å². The van der Waals surface area contributed by atoms with Crippen LogP contribution >= 0.6 is 23.2 Å². The molecule has 0 saturated carbocycles. The van der Waals surface area contributed by atoms with Gasteiger partial charge in [-0.2, -0.15) is 0 Å². The number of hydrazine groups is 1. The van der Waals surface area contributed by atoms with Crippen LogP contribution in [0.2, 0.25) is 10.0 Å². The maximum absolute atomic E-state index is 12.4. The van der Waals surface area contributed by atoms with Crippen LogP contribution in [0.25, 0.3) is 0 Å². The Labute approximate surface area is 203 Å². The monoisotopic (exact) mass is 491 g/mol. The predicted octanol–water partition coefficient (Wildman–Crippen LogP) is 4.27. The molecule has 7 nitrogen and oxygen atoms in total. The number of hydrogen-bond acceptors (Lipinski definition) is 5. The number of ether oxygens (including phenoxy) is 2. The van der Waals surface area contributed by atoms with Gasteiger partial charge in [-0.05, 0) is 36.1 Å². The summed E-state index contributed by atoms with van der Waals surface area (Å²) in [6.07, 6.45) is 1.32. The van der Waals surface area contributed by atoms with Crippen LogP contribution in [-0.2, 0) is 27.4 Å². The van der Waals surface area contributed by atoms with Crippen molar-refractivity contribution in [2.75, 3.05) is 26.2 Å². The number of nitrogens with one attached hydrogen (secondary N) is 1. The van der Waals surface area contributed by atoms with Gasteiger partial charge < -0.3 is 14.4 Å². The molecule has 176 valence electrons. The molecule has 1 N–H and O–H groups in total. The van der Waals surface area contributed by atoms with Gasteiger partial charge in [-0.1, -0.05) is 59.6 Å². The molecule has 2 unspecified atom stereocenters. The maximum atomic E-state index is 12.4. The Morgan fingerprint density at radius 1 is 1.09 bits per heavy atom. The standard InChI is InChI=1S/C24H27Cl2N3O4/c25-20-9-8-18(11-21(20)26)12-28-14-22(32-16-23(28)30)19-7-4-10-29(13-19)27-24(31)33-15-17-5-2-1-3-6-17/h1-3,5-6,8-9,11,19,22H,4,7,10,12-16H2,(H,27,31). The van der Waals surface area contributed by atoms with E-state index in [0.29, 0.717) is 29.7 Å². The molecule has 2 saturated heterocycles. The highest BCUT2D eigenvalue weighted by atomic mass is 35.5. The van der Waals surface area contributed by atoms with Gasteiger partial charge in [0.25, 0.3) is 0 Å². The van der Waals surface area contributed by atoms with E-state index in [9.17, 15) is 9.59 Å². The zero-order valence-corrected chi connectivity index (χ0v) is 19.7. The summed E-state index contributed by atoms with van der Waals surface area (Å²) in [5.74, 6) is 0.144. The number of halogens is 2. The van der Waals surface area contributed by atoms with Crippen molar-refractivity contribution in [1.82, 2.24) is 15.3 Å². The van der Waals surface area contributed by atoms with Crippen LogP contribution in [0.5, 0.6) is 0 Å². The number of morpholine rings is 1. The smallest absolute Gasteiger partial charge is 0.422 e. The molecule has 2 fully saturated rings. The molecular formula is C24H27Cl2N3O4. The SMILES string of the molecule is O=C(NN1CCCC(C2CN(Cc3ccc(Cl)c(Cl)c3)C(=O)CO2)C1)OCc1ccccc1. The molecule has 9 heteroatoms. The third kappa shape index (κ3) is 6.60. The summed E-state index contributed by atoms with van der Waals surface area (Å²) in [4.78, 5) is 26.5. The van der Waals surface area contributed by atoms with Gasteiger partial charge in [-0.25, -0.2) is 9.80 Å². The molecule has 0 bridgehead atoms. The second-order valence-corrected chi connectivity index (χ2v) is 9.21. The lowest BCUT2D eigenvalue weighted by Crippen LogP contribution is -2.54. The van der Waals surface area contributed by atoms with Crippen molar-refractivity contribution in [2.45, 2.75) is 32.1 Å². The number of carbonyl (C=O) groups excluding carboxylic acids is 2. The molecule has 2 aromatic carbocycles. The molecular weight excluding hydrogens is 465 g/mol. The van der Waals surface area contributed by atoms with Crippen LogP contribution in [0.1, 0.15) is 24.0 Å². The Balaban J connectivity index is 1.29. The highest BCUT2D eigenvalue weighted by Gasteiger charge is 2.35. The minimum atomic E-state index is -0.472. The van der Waals surface area contributed by atoms with Gasteiger partial charge in [0, 0.05) is 32.1 Å². The molecule has 2 aliphatic rings. The fourth-order valence-corrected chi connectivity index (χ4v) is 4.56. The van der Waals surface area contributed by atoms with Crippen LogP contribution in [0.15, 0.2) is 48.5 Å². The normalized spacial score (nSPS) is 21.6.